The van der Waals surface area contributed by atoms with Gasteiger partial charge in [0, 0.05) is 24.2 Å². The second-order valence-corrected chi connectivity index (χ2v) is 5.88. The quantitative estimate of drug-likeness (QED) is 0.659. The van der Waals surface area contributed by atoms with E-state index in [2.05, 4.69) is 15.2 Å². The monoisotopic (exact) mass is 393 g/mol. The zero-order valence-corrected chi connectivity index (χ0v) is 15.2. The molecule has 136 valence electrons. The summed E-state index contributed by atoms with van der Waals surface area (Å²) in [6, 6.07) is 8.42. The van der Waals surface area contributed by atoms with Gasteiger partial charge in [-0.25, -0.2) is 4.98 Å². The number of aromatic nitrogens is 3. The number of nitrogens with two attached hydrogens (primary N) is 1. The number of imide groups is 1. The predicted octanol–water partition coefficient (Wildman–Crippen LogP) is 1.97. The molecule has 0 spiro atoms. The van der Waals surface area contributed by atoms with Crippen LogP contribution in [0.5, 0.6) is 0 Å². The number of H-pyrrole nitrogens is 1. The second kappa shape index (κ2) is 7.82. The van der Waals surface area contributed by atoms with E-state index < -0.39 is 0 Å². The van der Waals surface area contributed by atoms with Crippen LogP contribution < -0.4 is 5.73 Å². The maximum atomic E-state index is 12.4. The van der Waals surface area contributed by atoms with Crippen LogP contribution in [-0.2, 0) is 6.42 Å². The fourth-order valence-electron chi connectivity index (χ4n) is 3.00. The molecule has 1 aliphatic rings. The lowest BCUT2D eigenvalue weighted by atomic mass is 10.1. The number of hydrogen-bond donors (Lipinski definition) is 2. The summed E-state index contributed by atoms with van der Waals surface area (Å²) in [5, 5.41) is 7.63. The summed E-state index contributed by atoms with van der Waals surface area (Å²) >= 11 is 0. The number of hydrogen-bond acceptors (Lipinski definition) is 5. The molecule has 2 amide bonds. The molecule has 3 N–H and O–H groups in total. The highest BCUT2D eigenvalue weighted by atomic mass is 35.5. The van der Waals surface area contributed by atoms with Crippen LogP contribution in [0.1, 0.15) is 26.3 Å². The van der Waals surface area contributed by atoms with Crippen molar-refractivity contribution in [3.8, 4) is 0 Å². The summed E-state index contributed by atoms with van der Waals surface area (Å²) in [6.45, 7) is 0.176. The Morgan fingerprint density at radius 3 is 2.38 bits per heavy atom. The largest absolute Gasteiger partial charge is 0.326 e. The minimum Gasteiger partial charge on any atom is -0.326 e. The van der Waals surface area contributed by atoms with Crippen molar-refractivity contribution in [2.45, 2.75) is 12.5 Å². The highest BCUT2D eigenvalue weighted by Crippen LogP contribution is 2.22. The Morgan fingerprint density at radius 1 is 1.08 bits per heavy atom. The summed E-state index contributed by atoms with van der Waals surface area (Å²) in [5.74, 6) is -0.566. The Labute approximate surface area is 161 Å². The second-order valence-electron chi connectivity index (χ2n) is 5.88. The lowest BCUT2D eigenvalue weighted by molar-refractivity contribution is 0.0644. The number of nitrogens with zero attached hydrogens (tertiary/aromatic N) is 3. The van der Waals surface area contributed by atoms with Gasteiger partial charge in [0.25, 0.3) is 11.8 Å². The smallest absolute Gasteiger partial charge is 0.261 e. The third-order valence-electron chi connectivity index (χ3n) is 4.14. The van der Waals surface area contributed by atoms with Crippen LogP contribution in [0.2, 0.25) is 0 Å². The van der Waals surface area contributed by atoms with E-state index in [1.54, 1.807) is 36.7 Å². The van der Waals surface area contributed by atoms with Gasteiger partial charge in [-0.3, -0.25) is 19.6 Å². The Kier molecular flexibility index (Phi) is 5.97. The average molecular weight is 394 g/mol. The van der Waals surface area contributed by atoms with Gasteiger partial charge in [-0.2, -0.15) is 5.10 Å². The molecule has 4 rings (SSSR count). The number of nitrogens with one attached hydrogen (secondary N) is 1. The summed E-state index contributed by atoms with van der Waals surface area (Å²) in [7, 11) is 0. The van der Waals surface area contributed by atoms with Crippen LogP contribution in [0.3, 0.4) is 0 Å². The highest BCUT2D eigenvalue weighted by molar-refractivity contribution is 6.21. The van der Waals surface area contributed by atoms with Crippen molar-refractivity contribution in [3.05, 3.63) is 59.4 Å². The van der Waals surface area contributed by atoms with E-state index in [4.69, 9.17) is 5.73 Å². The molecule has 0 aliphatic carbocycles. The Morgan fingerprint density at radius 2 is 1.73 bits per heavy atom. The molecule has 0 radical (unpaired) electrons. The van der Waals surface area contributed by atoms with Crippen LogP contribution in [0.15, 0.2) is 42.7 Å². The number of aromatic amines is 1. The lowest BCUT2D eigenvalue weighted by Gasteiger charge is -2.19. The molecule has 1 atom stereocenters. The molecule has 9 heteroatoms. The first kappa shape index (κ1) is 19.8. The lowest BCUT2D eigenvalue weighted by Crippen LogP contribution is -2.41. The standard InChI is InChI=1S/C17H15N5O2.2ClH/c18-12(6-10-5-11-8-20-21-15(11)19-7-10)9-22-16(23)13-3-1-2-4-14(13)17(22)24;;/h1-5,7-8,12H,6,9,18H2,(H,19,20,21);2*1H/t12-;;/m0../s1. The number of fused-ring (bicyclic) bond motifs is 2. The van der Waals surface area contributed by atoms with Gasteiger partial charge in [0.15, 0.2) is 5.65 Å². The van der Waals surface area contributed by atoms with Gasteiger partial charge in [-0.05, 0) is 30.2 Å². The van der Waals surface area contributed by atoms with Gasteiger partial charge in [-0.15, -0.1) is 24.8 Å². The number of benzene rings is 1. The van der Waals surface area contributed by atoms with Crippen molar-refractivity contribution in [1.82, 2.24) is 20.1 Å². The molecule has 7 nitrogen and oxygen atoms in total. The minimum atomic E-state index is -0.363. The van der Waals surface area contributed by atoms with Crippen molar-refractivity contribution < 1.29 is 9.59 Å². The molecule has 0 unspecified atom stereocenters. The van der Waals surface area contributed by atoms with Crippen LogP contribution >= 0.6 is 24.8 Å². The predicted molar refractivity (Wildman–Crippen MR) is 102 cm³/mol. The molecular weight excluding hydrogens is 377 g/mol. The van der Waals surface area contributed by atoms with E-state index in [1.807, 2.05) is 6.07 Å². The first-order valence-electron chi connectivity index (χ1n) is 7.62. The van der Waals surface area contributed by atoms with Gasteiger partial charge in [0.1, 0.15) is 0 Å². The highest BCUT2D eigenvalue weighted by Gasteiger charge is 2.35. The molecule has 3 aromatic rings. The van der Waals surface area contributed by atoms with Crippen molar-refractivity contribution in [1.29, 1.82) is 0 Å². The summed E-state index contributed by atoms with van der Waals surface area (Å²) in [4.78, 5) is 30.2. The van der Waals surface area contributed by atoms with Crippen molar-refractivity contribution in [2.24, 2.45) is 5.73 Å². The van der Waals surface area contributed by atoms with Crippen LogP contribution in [0.4, 0.5) is 0 Å². The fraction of sp³-hybridized carbons (Fsp3) is 0.176. The Hall–Kier alpha value is -2.48. The first-order valence-corrected chi connectivity index (χ1v) is 7.62. The molecular formula is C17H17Cl2N5O2. The topological polar surface area (TPSA) is 105 Å². The molecule has 2 aromatic heterocycles. The fourth-order valence-corrected chi connectivity index (χ4v) is 3.00. The minimum absolute atomic E-state index is 0. The zero-order chi connectivity index (χ0) is 16.7. The summed E-state index contributed by atoms with van der Waals surface area (Å²) in [5.41, 5.74) is 8.70. The average Bonchev–Trinajstić information content (AvgIpc) is 3.14. The maximum Gasteiger partial charge on any atom is 0.261 e. The number of halogens is 2. The van der Waals surface area contributed by atoms with E-state index in [0.717, 1.165) is 10.9 Å². The van der Waals surface area contributed by atoms with Crippen molar-refractivity contribution in [3.63, 3.8) is 0 Å². The van der Waals surface area contributed by atoms with Gasteiger partial charge in [-0.1, -0.05) is 12.1 Å². The van der Waals surface area contributed by atoms with E-state index >= 15 is 0 Å². The van der Waals surface area contributed by atoms with E-state index in [1.165, 1.54) is 4.90 Å². The van der Waals surface area contributed by atoms with Crippen molar-refractivity contribution in [2.75, 3.05) is 6.54 Å². The SMILES string of the molecule is Cl.Cl.N[C@@H](Cc1cnc2[nH]ncc2c1)CN1C(=O)c2ccccc2C1=O. The molecule has 26 heavy (non-hydrogen) atoms. The molecule has 0 fully saturated rings. The van der Waals surface area contributed by atoms with E-state index in [9.17, 15) is 9.59 Å². The van der Waals surface area contributed by atoms with Crippen LogP contribution in [0, 0.1) is 0 Å². The summed E-state index contributed by atoms with van der Waals surface area (Å²) in [6.07, 6.45) is 3.94. The molecule has 0 saturated heterocycles. The Bertz CT molecular complexity index is 924. The zero-order valence-electron chi connectivity index (χ0n) is 13.6. The molecule has 0 bridgehead atoms. The molecule has 0 saturated carbocycles. The van der Waals surface area contributed by atoms with Gasteiger partial charge in [0.05, 0.1) is 17.3 Å². The summed E-state index contributed by atoms with van der Waals surface area (Å²) < 4.78 is 0. The van der Waals surface area contributed by atoms with Crippen molar-refractivity contribution >= 4 is 47.7 Å². The number of carbonyl (C=O) groups is 2. The van der Waals surface area contributed by atoms with Crippen LogP contribution in [0.25, 0.3) is 11.0 Å². The number of pyridine rings is 1. The number of rotatable bonds is 4. The molecule has 1 aromatic carbocycles. The normalized spacial score (nSPS) is 14.0. The third kappa shape index (κ3) is 3.41. The maximum absolute atomic E-state index is 12.4. The van der Waals surface area contributed by atoms with E-state index in [-0.39, 0.29) is 49.2 Å². The number of carbonyl (C=O) groups excluding carboxylic acids is 2. The third-order valence-corrected chi connectivity index (χ3v) is 4.14. The number of amides is 2. The first-order chi connectivity index (χ1) is 11.6. The van der Waals surface area contributed by atoms with Gasteiger partial charge < -0.3 is 5.73 Å². The Balaban J connectivity index is 0.00000121. The van der Waals surface area contributed by atoms with Crippen LogP contribution in [-0.4, -0.2) is 44.5 Å². The molecule has 1 aliphatic heterocycles. The van der Waals surface area contributed by atoms with Gasteiger partial charge in [0.2, 0.25) is 0 Å². The van der Waals surface area contributed by atoms with E-state index in [0.29, 0.717) is 23.2 Å². The van der Waals surface area contributed by atoms with Gasteiger partial charge >= 0.3 is 0 Å². The molecule has 3 heterocycles.